The number of ketones is 1. The number of Topliss-reactive ketones (excluding diaryl/α,β-unsaturated/α-hetero) is 1. The summed E-state index contributed by atoms with van der Waals surface area (Å²) < 4.78 is 0. The highest BCUT2D eigenvalue weighted by Crippen LogP contribution is 2.25. The molecule has 3 rings (SSSR count). The summed E-state index contributed by atoms with van der Waals surface area (Å²) in [5.74, 6) is 0.0832. The Balaban J connectivity index is 1.80. The minimum absolute atomic E-state index is 0.0832. The van der Waals surface area contributed by atoms with Crippen LogP contribution < -0.4 is 5.32 Å². The van der Waals surface area contributed by atoms with Gasteiger partial charge in [0.1, 0.15) is 0 Å². The van der Waals surface area contributed by atoms with Crippen molar-refractivity contribution in [3.63, 3.8) is 0 Å². The number of fused-ring (bicyclic) bond motifs is 1. The third-order valence-electron chi connectivity index (χ3n) is 3.49. The molecule has 0 saturated heterocycles. The topological polar surface area (TPSA) is 29.1 Å². The molecule has 0 unspecified atom stereocenters. The van der Waals surface area contributed by atoms with E-state index in [-0.39, 0.29) is 5.78 Å². The molecule has 0 atom stereocenters. The Hall–Kier alpha value is -1.51. The van der Waals surface area contributed by atoms with Crippen molar-refractivity contribution in [3.05, 3.63) is 63.1 Å². The van der Waals surface area contributed by atoms with E-state index < -0.39 is 0 Å². The van der Waals surface area contributed by atoms with Gasteiger partial charge in [0.05, 0.1) is 10.0 Å². The molecule has 2 nitrogen and oxygen atoms in total. The van der Waals surface area contributed by atoms with Crippen molar-refractivity contribution in [2.24, 2.45) is 0 Å². The zero-order valence-electron chi connectivity index (χ0n) is 10.7. The zero-order chi connectivity index (χ0) is 14.1. The number of carbonyl (C=O) groups is 1. The van der Waals surface area contributed by atoms with Crippen LogP contribution >= 0.6 is 23.2 Å². The Labute approximate surface area is 127 Å². The molecule has 4 heteroatoms. The molecular weight excluding hydrogens is 293 g/mol. The van der Waals surface area contributed by atoms with Gasteiger partial charge in [0.2, 0.25) is 0 Å². The first-order chi connectivity index (χ1) is 9.63. The molecule has 102 valence electrons. The largest absolute Gasteiger partial charge is 0.384 e. The quantitative estimate of drug-likeness (QED) is 0.852. The highest BCUT2D eigenvalue weighted by Gasteiger charge is 2.14. The van der Waals surface area contributed by atoms with Gasteiger partial charge in [-0.05, 0) is 35.7 Å². The van der Waals surface area contributed by atoms with Crippen LogP contribution in [-0.2, 0) is 12.8 Å². The SMILES string of the molecule is O=C(Cc1ccc(Cl)c(Cl)c1)c1ccc2c(c1)NCC2. The summed E-state index contributed by atoms with van der Waals surface area (Å²) in [6, 6.07) is 11.1. The molecule has 0 fully saturated rings. The van der Waals surface area contributed by atoms with Gasteiger partial charge in [0.25, 0.3) is 0 Å². The van der Waals surface area contributed by atoms with Crippen molar-refractivity contribution in [3.8, 4) is 0 Å². The number of nitrogens with one attached hydrogen (secondary N) is 1. The van der Waals surface area contributed by atoms with Crippen molar-refractivity contribution in [1.82, 2.24) is 0 Å². The van der Waals surface area contributed by atoms with E-state index in [0.29, 0.717) is 16.5 Å². The lowest BCUT2D eigenvalue weighted by Crippen LogP contribution is -2.04. The minimum Gasteiger partial charge on any atom is -0.384 e. The lowest BCUT2D eigenvalue weighted by molar-refractivity contribution is 0.0993. The fourth-order valence-corrected chi connectivity index (χ4v) is 2.72. The highest BCUT2D eigenvalue weighted by atomic mass is 35.5. The van der Waals surface area contributed by atoms with Gasteiger partial charge in [-0.15, -0.1) is 0 Å². The first-order valence-corrected chi connectivity index (χ1v) is 7.23. The summed E-state index contributed by atoms with van der Waals surface area (Å²) in [4.78, 5) is 12.3. The molecule has 1 aliphatic heterocycles. The smallest absolute Gasteiger partial charge is 0.167 e. The molecule has 0 saturated carbocycles. The molecule has 0 amide bonds. The number of halogens is 2. The van der Waals surface area contributed by atoms with Gasteiger partial charge in [-0.1, -0.05) is 41.4 Å². The van der Waals surface area contributed by atoms with Crippen LogP contribution in [0.2, 0.25) is 10.0 Å². The number of hydrogen-bond acceptors (Lipinski definition) is 2. The number of anilines is 1. The fourth-order valence-electron chi connectivity index (χ4n) is 2.40. The lowest BCUT2D eigenvalue weighted by atomic mass is 10.0. The van der Waals surface area contributed by atoms with Crippen LogP contribution in [0.3, 0.4) is 0 Å². The van der Waals surface area contributed by atoms with Gasteiger partial charge >= 0.3 is 0 Å². The molecule has 0 radical (unpaired) electrons. The van der Waals surface area contributed by atoms with Crippen molar-refractivity contribution >= 4 is 34.7 Å². The second-order valence-corrected chi connectivity index (χ2v) is 5.71. The Bertz CT molecular complexity index is 682. The summed E-state index contributed by atoms with van der Waals surface area (Å²) in [6.45, 7) is 0.944. The van der Waals surface area contributed by atoms with Crippen molar-refractivity contribution in [2.45, 2.75) is 12.8 Å². The third kappa shape index (κ3) is 2.67. The normalized spacial score (nSPS) is 12.9. The third-order valence-corrected chi connectivity index (χ3v) is 4.23. The number of benzene rings is 2. The molecule has 0 spiro atoms. The number of hydrogen-bond donors (Lipinski definition) is 1. The number of carbonyl (C=O) groups excluding carboxylic acids is 1. The average molecular weight is 306 g/mol. The van der Waals surface area contributed by atoms with Crippen LogP contribution in [0.1, 0.15) is 21.5 Å². The van der Waals surface area contributed by atoms with Crippen LogP contribution in [0.25, 0.3) is 0 Å². The molecule has 0 bridgehead atoms. The van der Waals surface area contributed by atoms with Gasteiger partial charge in [-0.2, -0.15) is 0 Å². The van der Waals surface area contributed by atoms with Gasteiger partial charge in [0, 0.05) is 24.2 Å². The van der Waals surface area contributed by atoms with Crippen LogP contribution in [-0.4, -0.2) is 12.3 Å². The molecule has 1 aliphatic rings. The second kappa shape index (κ2) is 5.47. The van der Waals surface area contributed by atoms with Gasteiger partial charge in [0.15, 0.2) is 5.78 Å². The molecule has 2 aromatic rings. The average Bonchev–Trinajstić information content (AvgIpc) is 2.90. The monoisotopic (exact) mass is 305 g/mol. The van der Waals surface area contributed by atoms with E-state index in [0.717, 1.165) is 29.8 Å². The van der Waals surface area contributed by atoms with E-state index in [1.807, 2.05) is 24.3 Å². The first kappa shape index (κ1) is 13.5. The van der Waals surface area contributed by atoms with Crippen LogP contribution in [0.4, 0.5) is 5.69 Å². The van der Waals surface area contributed by atoms with Gasteiger partial charge in [-0.3, -0.25) is 4.79 Å². The van der Waals surface area contributed by atoms with E-state index in [2.05, 4.69) is 5.32 Å². The van der Waals surface area contributed by atoms with Crippen LogP contribution in [0.5, 0.6) is 0 Å². The maximum absolute atomic E-state index is 12.3. The number of rotatable bonds is 3. The summed E-state index contributed by atoms with van der Waals surface area (Å²) in [7, 11) is 0. The minimum atomic E-state index is 0.0832. The molecule has 2 aromatic carbocycles. The van der Waals surface area contributed by atoms with Gasteiger partial charge < -0.3 is 5.32 Å². The molecule has 0 aliphatic carbocycles. The lowest BCUT2D eigenvalue weighted by Gasteiger charge is -2.06. The van der Waals surface area contributed by atoms with Crippen LogP contribution in [0.15, 0.2) is 36.4 Å². The molecule has 0 aromatic heterocycles. The molecule has 20 heavy (non-hydrogen) atoms. The van der Waals surface area contributed by atoms with Crippen molar-refractivity contribution < 1.29 is 4.79 Å². The Morgan fingerprint density at radius 3 is 2.75 bits per heavy atom. The highest BCUT2D eigenvalue weighted by molar-refractivity contribution is 6.42. The Morgan fingerprint density at radius 2 is 1.95 bits per heavy atom. The zero-order valence-corrected chi connectivity index (χ0v) is 12.3. The molecular formula is C16H13Cl2NO. The molecule has 1 N–H and O–H groups in total. The van der Waals surface area contributed by atoms with Gasteiger partial charge in [-0.25, -0.2) is 0 Å². The summed E-state index contributed by atoms with van der Waals surface area (Å²) in [5, 5.41) is 4.27. The predicted molar refractivity (Wildman–Crippen MR) is 83.1 cm³/mol. The van der Waals surface area contributed by atoms with E-state index in [1.54, 1.807) is 12.1 Å². The first-order valence-electron chi connectivity index (χ1n) is 6.47. The van der Waals surface area contributed by atoms with E-state index >= 15 is 0 Å². The van der Waals surface area contributed by atoms with E-state index in [4.69, 9.17) is 23.2 Å². The van der Waals surface area contributed by atoms with E-state index in [1.165, 1.54) is 5.56 Å². The standard InChI is InChI=1S/C16H13Cl2NO/c17-13-4-1-10(7-14(13)18)8-16(20)12-3-2-11-5-6-19-15(11)9-12/h1-4,7,9,19H,5-6,8H2. The van der Waals surface area contributed by atoms with E-state index in [9.17, 15) is 4.79 Å². The van der Waals surface area contributed by atoms with Crippen molar-refractivity contribution in [1.29, 1.82) is 0 Å². The summed E-state index contributed by atoms with van der Waals surface area (Å²) >= 11 is 11.8. The Kier molecular flexibility index (Phi) is 3.68. The fraction of sp³-hybridized carbons (Fsp3) is 0.188. The maximum Gasteiger partial charge on any atom is 0.167 e. The maximum atomic E-state index is 12.3. The van der Waals surface area contributed by atoms with Crippen LogP contribution in [0, 0.1) is 0 Å². The summed E-state index contributed by atoms with van der Waals surface area (Å²) in [6.07, 6.45) is 1.35. The predicted octanol–water partition coefficient (Wildman–Crippen LogP) is 4.39. The summed E-state index contributed by atoms with van der Waals surface area (Å²) in [5.41, 5.74) is 3.95. The Morgan fingerprint density at radius 1 is 1.10 bits per heavy atom. The van der Waals surface area contributed by atoms with Crippen molar-refractivity contribution in [2.75, 3.05) is 11.9 Å². The second-order valence-electron chi connectivity index (χ2n) is 4.90. The molecule has 1 heterocycles.